The highest BCUT2D eigenvalue weighted by Gasteiger charge is 2.18. The maximum Gasteiger partial charge on any atom is 0.193 e. The van der Waals surface area contributed by atoms with Crippen LogP contribution in [0.2, 0.25) is 0 Å². The molecular formula is C9H18N4. The third-order valence-electron chi connectivity index (χ3n) is 2.67. The van der Waals surface area contributed by atoms with Crippen LogP contribution in [0.15, 0.2) is 4.99 Å². The van der Waals surface area contributed by atoms with E-state index in [9.17, 15) is 0 Å². The van der Waals surface area contributed by atoms with Crippen LogP contribution < -0.4 is 10.6 Å². The van der Waals surface area contributed by atoms with Crippen LogP contribution in [0, 0.1) is 0 Å². The second-order valence-corrected chi connectivity index (χ2v) is 3.81. The fourth-order valence-corrected chi connectivity index (χ4v) is 1.84. The van der Waals surface area contributed by atoms with Gasteiger partial charge >= 0.3 is 0 Å². The smallest absolute Gasteiger partial charge is 0.193 e. The van der Waals surface area contributed by atoms with Crippen LogP contribution >= 0.6 is 0 Å². The summed E-state index contributed by atoms with van der Waals surface area (Å²) in [6.07, 6.45) is 2.40. The minimum atomic E-state index is 0.583. The molecule has 0 radical (unpaired) electrons. The Hall–Kier alpha value is -0.770. The van der Waals surface area contributed by atoms with Crippen LogP contribution in [0.25, 0.3) is 0 Å². The monoisotopic (exact) mass is 182 g/mol. The van der Waals surface area contributed by atoms with Crippen molar-refractivity contribution in [1.82, 2.24) is 15.5 Å². The molecule has 13 heavy (non-hydrogen) atoms. The zero-order chi connectivity index (χ0) is 9.10. The number of aliphatic imine (C=N–C) groups is 1. The van der Waals surface area contributed by atoms with Gasteiger partial charge in [0, 0.05) is 32.7 Å². The molecule has 1 fully saturated rings. The summed E-state index contributed by atoms with van der Waals surface area (Å²) in [6.45, 7) is 4.32. The Bertz CT molecular complexity index is 196. The molecule has 0 saturated carbocycles. The summed E-state index contributed by atoms with van der Waals surface area (Å²) in [7, 11) is 2.10. The summed E-state index contributed by atoms with van der Waals surface area (Å²) in [5.74, 6) is 1.08. The topological polar surface area (TPSA) is 39.7 Å². The molecule has 4 heteroatoms. The highest BCUT2D eigenvalue weighted by molar-refractivity contribution is 5.80. The lowest BCUT2D eigenvalue weighted by Gasteiger charge is -2.27. The van der Waals surface area contributed by atoms with E-state index >= 15 is 0 Å². The fourth-order valence-electron chi connectivity index (χ4n) is 1.84. The molecule has 0 bridgehead atoms. The molecule has 0 aromatic carbocycles. The van der Waals surface area contributed by atoms with Crippen molar-refractivity contribution >= 4 is 5.96 Å². The average Bonchev–Trinajstić information content (AvgIpc) is 2.61. The van der Waals surface area contributed by atoms with E-state index in [4.69, 9.17) is 0 Å². The van der Waals surface area contributed by atoms with E-state index in [-0.39, 0.29) is 0 Å². The second kappa shape index (κ2) is 3.96. The fraction of sp³-hybridized carbons (Fsp3) is 0.889. The Morgan fingerprint density at radius 2 is 2.54 bits per heavy atom. The van der Waals surface area contributed by atoms with E-state index < -0.39 is 0 Å². The molecule has 0 amide bonds. The highest BCUT2D eigenvalue weighted by Crippen LogP contribution is 2.02. The normalized spacial score (nSPS) is 28.8. The summed E-state index contributed by atoms with van der Waals surface area (Å²) in [6, 6.07) is 0.583. The number of hydrogen-bond acceptors (Lipinski definition) is 4. The SMILES string of the molecule is CN1CCCN=C1NC1CCNC1. The molecule has 2 rings (SSSR count). The van der Waals surface area contributed by atoms with Crippen LogP contribution in [0.3, 0.4) is 0 Å². The van der Waals surface area contributed by atoms with Crippen molar-refractivity contribution in [2.75, 3.05) is 33.2 Å². The van der Waals surface area contributed by atoms with Crippen molar-refractivity contribution in [3.05, 3.63) is 0 Å². The largest absolute Gasteiger partial charge is 0.352 e. The lowest BCUT2D eigenvalue weighted by atomic mass is 10.2. The van der Waals surface area contributed by atoms with Gasteiger partial charge in [0.15, 0.2) is 5.96 Å². The first-order valence-corrected chi connectivity index (χ1v) is 5.09. The van der Waals surface area contributed by atoms with Crippen LogP contribution in [0.1, 0.15) is 12.8 Å². The molecule has 74 valence electrons. The molecule has 0 aliphatic carbocycles. The van der Waals surface area contributed by atoms with Crippen LogP contribution in [-0.2, 0) is 0 Å². The van der Waals surface area contributed by atoms with Gasteiger partial charge in [0.25, 0.3) is 0 Å². The molecule has 4 nitrogen and oxygen atoms in total. The van der Waals surface area contributed by atoms with E-state index in [0.29, 0.717) is 6.04 Å². The Balaban J connectivity index is 1.88. The summed E-state index contributed by atoms with van der Waals surface area (Å²) in [5, 5.41) is 6.82. The number of guanidine groups is 1. The molecule has 0 aromatic rings. The molecule has 0 aromatic heterocycles. The zero-order valence-electron chi connectivity index (χ0n) is 8.21. The Kier molecular flexibility index (Phi) is 2.68. The van der Waals surface area contributed by atoms with Crippen molar-refractivity contribution in [1.29, 1.82) is 0 Å². The Labute approximate surface area is 79.4 Å². The summed E-state index contributed by atoms with van der Waals surface area (Å²) in [5.41, 5.74) is 0. The molecule has 1 unspecified atom stereocenters. The maximum absolute atomic E-state index is 4.48. The van der Waals surface area contributed by atoms with Gasteiger partial charge in [0.1, 0.15) is 0 Å². The van der Waals surface area contributed by atoms with Gasteiger partial charge in [-0.2, -0.15) is 0 Å². The molecule has 2 aliphatic rings. The minimum absolute atomic E-state index is 0.583. The van der Waals surface area contributed by atoms with E-state index in [2.05, 4.69) is 27.6 Å². The molecule has 2 aliphatic heterocycles. The Morgan fingerprint density at radius 3 is 3.23 bits per heavy atom. The van der Waals surface area contributed by atoms with Crippen LogP contribution in [-0.4, -0.2) is 50.1 Å². The summed E-state index contributed by atoms with van der Waals surface area (Å²) < 4.78 is 0. The number of nitrogens with one attached hydrogen (secondary N) is 2. The third-order valence-corrected chi connectivity index (χ3v) is 2.67. The lowest BCUT2D eigenvalue weighted by molar-refractivity contribution is 0.435. The minimum Gasteiger partial charge on any atom is -0.352 e. The van der Waals surface area contributed by atoms with Gasteiger partial charge in [-0.15, -0.1) is 0 Å². The molecule has 1 atom stereocenters. The van der Waals surface area contributed by atoms with Crippen LogP contribution in [0.4, 0.5) is 0 Å². The van der Waals surface area contributed by atoms with E-state index in [1.807, 2.05) is 0 Å². The first kappa shape index (κ1) is 8.81. The second-order valence-electron chi connectivity index (χ2n) is 3.81. The summed E-state index contributed by atoms with van der Waals surface area (Å²) in [4.78, 5) is 6.69. The van der Waals surface area contributed by atoms with Crippen molar-refractivity contribution in [2.24, 2.45) is 4.99 Å². The predicted molar refractivity (Wildman–Crippen MR) is 54.0 cm³/mol. The quantitative estimate of drug-likeness (QED) is 0.581. The van der Waals surface area contributed by atoms with Crippen molar-refractivity contribution in [2.45, 2.75) is 18.9 Å². The zero-order valence-corrected chi connectivity index (χ0v) is 8.21. The summed E-state index contributed by atoms with van der Waals surface area (Å²) >= 11 is 0. The number of nitrogens with zero attached hydrogens (tertiary/aromatic N) is 2. The number of rotatable bonds is 1. The molecule has 2 heterocycles. The van der Waals surface area contributed by atoms with Crippen molar-refractivity contribution in [3.8, 4) is 0 Å². The molecular weight excluding hydrogens is 164 g/mol. The average molecular weight is 182 g/mol. The highest BCUT2D eigenvalue weighted by atomic mass is 15.3. The first-order valence-electron chi connectivity index (χ1n) is 5.09. The molecule has 0 spiro atoms. The molecule has 1 saturated heterocycles. The van der Waals surface area contributed by atoms with Gasteiger partial charge < -0.3 is 15.5 Å². The Morgan fingerprint density at radius 1 is 1.62 bits per heavy atom. The van der Waals surface area contributed by atoms with Crippen LogP contribution in [0.5, 0.6) is 0 Å². The van der Waals surface area contributed by atoms with Crippen molar-refractivity contribution in [3.63, 3.8) is 0 Å². The number of hydrogen-bond donors (Lipinski definition) is 2. The van der Waals surface area contributed by atoms with E-state index in [1.165, 1.54) is 12.8 Å². The van der Waals surface area contributed by atoms with Gasteiger partial charge in [0.2, 0.25) is 0 Å². The van der Waals surface area contributed by atoms with E-state index in [1.54, 1.807) is 0 Å². The van der Waals surface area contributed by atoms with Gasteiger partial charge in [-0.3, -0.25) is 4.99 Å². The standard InChI is InChI=1S/C9H18N4/c1-13-6-2-4-11-9(13)12-8-3-5-10-7-8/h8,10H,2-7H2,1H3,(H,11,12). The van der Waals surface area contributed by atoms with Gasteiger partial charge in [-0.25, -0.2) is 0 Å². The van der Waals surface area contributed by atoms with Gasteiger partial charge in [-0.1, -0.05) is 0 Å². The third kappa shape index (κ3) is 2.12. The first-order chi connectivity index (χ1) is 6.36. The van der Waals surface area contributed by atoms with Gasteiger partial charge in [-0.05, 0) is 19.4 Å². The maximum atomic E-state index is 4.48. The lowest BCUT2D eigenvalue weighted by Crippen LogP contribution is -2.47. The predicted octanol–water partition coefficient (Wildman–Crippen LogP) is -0.371. The van der Waals surface area contributed by atoms with E-state index in [0.717, 1.165) is 32.1 Å². The van der Waals surface area contributed by atoms with Gasteiger partial charge in [0.05, 0.1) is 0 Å². The molecule has 2 N–H and O–H groups in total. The van der Waals surface area contributed by atoms with Crippen molar-refractivity contribution < 1.29 is 0 Å².